The van der Waals surface area contributed by atoms with E-state index in [0.29, 0.717) is 34.2 Å². The Balaban J connectivity index is 1.74. The van der Waals surface area contributed by atoms with Gasteiger partial charge in [-0.25, -0.2) is 9.37 Å². The summed E-state index contributed by atoms with van der Waals surface area (Å²) in [6.45, 7) is 4.98. The maximum Gasteiger partial charge on any atom is 0.262 e. The fraction of sp³-hybridized carbons (Fsp3) is 0.375. The number of carbonyl (C=O) groups excluding carboxylic acids is 1. The quantitative estimate of drug-likeness (QED) is 0.217. The largest absolute Gasteiger partial charge is 0.325 e. The van der Waals surface area contributed by atoms with Crippen molar-refractivity contribution in [1.29, 1.82) is 0 Å². The molecule has 5 nitrogen and oxygen atoms in total. The third kappa shape index (κ3) is 6.33. The Hall–Kier alpha value is -2.38. The molecular weight excluding hydrogens is 449 g/mol. The Morgan fingerprint density at radius 2 is 2.03 bits per heavy atom. The van der Waals surface area contributed by atoms with E-state index in [0.717, 1.165) is 25.7 Å². The highest BCUT2D eigenvalue weighted by Crippen LogP contribution is 2.22. The van der Waals surface area contributed by atoms with Crippen LogP contribution in [0.5, 0.6) is 0 Å². The van der Waals surface area contributed by atoms with Gasteiger partial charge >= 0.3 is 0 Å². The van der Waals surface area contributed by atoms with Gasteiger partial charge in [0.05, 0.1) is 21.7 Å². The van der Waals surface area contributed by atoms with Crippen LogP contribution < -0.4 is 10.9 Å². The second-order valence-electron chi connectivity index (χ2n) is 7.84. The summed E-state index contributed by atoms with van der Waals surface area (Å²) >= 11 is 6.99. The third-order valence-electron chi connectivity index (χ3n) is 5.39. The summed E-state index contributed by atoms with van der Waals surface area (Å²) in [5.74, 6) is -0.105. The number of hydrogen-bond acceptors (Lipinski definition) is 4. The zero-order valence-corrected chi connectivity index (χ0v) is 19.8. The van der Waals surface area contributed by atoms with Crippen LogP contribution in [0.4, 0.5) is 10.1 Å². The van der Waals surface area contributed by atoms with Gasteiger partial charge in [-0.05, 0) is 42.7 Å². The van der Waals surface area contributed by atoms with Crippen molar-refractivity contribution >= 4 is 45.9 Å². The van der Waals surface area contributed by atoms with Crippen LogP contribution in [0.2, 0.25) is 5.02 Å². The molecular formula is C24H27ClFN3O2S. The van der Waals surface area contributed by atoms with Crippen molar-refractivity contribution in [2.45, 2.75) is 51.2 Å². The smallest absolute Gasteiger partial charge is 0.262 e. The molecule has 1 N–H and O–H groups in total. The van der Waals surface area contributed by atoms with Crippen LogP contribution in [0.3, 0.4) is 0 Å². The number of anilines is 1. The number of fused-ring (bicyclic) bond motifs is 1. The van der Waals surface area contributed by atoms with Crippen molar-refractivity contribution in [3.63, 3.8) is 0 Å². The van der Waals surface area contributed by atoms with Gasteiger partial charge in [0.1, 0.15) is 5.82 Å². The minimum atomic E-state index is -0.545. The molecule has 1 heterocycles. The van der Waals surface area contributed by atoms with Gasteiger partial charge in [-0.15, -0.1) is 0 Å². The molecule has 8 heteroatoms. The highest BCUT2D eigenvalue weighted by Gasteiger charge is 2.14. The normalized spacial score (nSPS) is 12.1. The van der Waals surface area contributed by atoms with Crippen molar-refractivity contribution in [3.05, 3.63) is 63.7 Å². The van der Waals surface area contributed by atoms with Gasteiger partial charge < -0.3 is 5.32 Å². The number of amides is 1. The number of benzene rings is 2. The number of para-hydroxylation sites is 1. The maximum atomic E-state index is 13.3. The fourth-order valence-corrected chi connectivity index (χ4v) is 4.33. The topological polar surface area (TPSA) is 64.0 Å². The Bertz CT molecular complexity index is 1150. The van der Waals surface area contributed by atoms with Gasteiger partial charge in [0.15, 0.2) is 5.16 Å². The van der Waals surface area contributed by atoms with Crippen LogP contribution in [0.25, 0.3) is 10.9 Å². The van der Waals surface area contributed by atoms with E-state index in [1.165, 1.54) is 30.0 Å². The molecule has 2 aromatic carbocycles. The van der Waals surface area contributed by atoms with E-state index < -0.39 is 5.82 Å². The fourth-order valence-electron chi connectivity index (χ4n) is 3.32. The lowest BCUT2D eigenvalue weighted by molar-refractivity contribution is -0.113. The van der Waals surface area contributed by atoms with Gasteiger partial charge in [-0.2, -0.15) is 0 Å². The van der Waals surface area contributed by atoms with Crippen molar-refractivity contribution in [1.82, 2.24) is 9.55 Å². The van der Waals surface area contributed by atoms with Crippen LogP contribution in [-0.4, -0.2) is 21.2 Å². The molecule has 0 aliphatic rings. The number of rotatable bonds is 10. The van der Waals surface area contributed by atoms with Crippen LogP contribution in [0.1, 0.15) is 39.5 Å². The van der Waals surface area contributed by atoms with Crippen molar-refractivity contribution in [3.8, 4) is 0 Å². The van der Waals surface area contributed by atoms with E-state index in [2.05, 4.69) is 24.1 Å². The number of thioether (sulfide) groups is 1. The van der Waals surface area contributed by atoms with Gasteiger partial charge in [0, 0.05) is 12.2 Å². The van der Waals surface area contributed by atoms with Crippen LogP contribution in [0, 0.1) is 11.7 Å². The molecule has 1 amide bonds. The summed E-state index contributed by atoms with van der Waals surface area (Å²) < 4.78 is 15.0. The molecule has 0 saturated heterocycles. The first-order valence-electron chi connectivity index (χ1n) is 10.8. The summed E-state index contributed by atoms with van der Waals surface area (Å²) in [4.78, 5) is 30.2. The van der Waals surface area contributed by atoms with Gasteiger partial charge in [0.2, 0.25) is 5.91 Å². The van der Waals surface area contributed by atoms with E-state index in [1.807, 2.05) is 12.1 Å². The summed E-state index contributed by atoms with van der Waals surface area (Å²) in [5, 5.41) is 3.73. The standard InChI is InChI=1S/C24H27ClFN3O2S/c1-3-16(2)8-6-7-13-29-23(31)18-9-4-5-10-21(18)28-24(29)32-15-22(30)27-17-11-12-20(26)19(25)14-17/h4-5,9-12,14,16H,3,6-8,13,15H2,1-2H3,(H,27,30)/t16-/m1/s1. The molecule has 0 radical (unpaired) electrons. The summed E-state index contributed by atoms with van der Waals surface area (Å²) in [6, 6.07) is 11.3. The summed E-state index contributed by atoms with van der Waals surface area (Å²) in [6.07, 6.45) is 4.17. The summed E-state index contributed by atoms with van der Waals surface area (Å²) in [7, 11) is 0. The third-order valence-corrected chi connectivity index (χ3v) is 6.65. The Morgan fingerprint density at radius 3 is 2.78 bits per heavy atom. The van der Waals surface area contributed by atoms with E-state index in [-0.39, 0.29) is 22.2 Å². The maximum absolute atomic E-state index is 13.3. The molecule has 32 heavy (non-hydrogen) atoms. The second kappa shape index (κ2) is 11.5. The number of halogens is 2. The lowest BCUT2D eigenvalue weighted by atomic mass is 10.0. The number of unbranched alkanes of at least 4 members (excludes halogenated alkanes) is 1. The minimum absolute atomic E-state index is 0.0575. The lowest BCUT2D eigenvalue weighted by Crippen LogP contribution is -2.24. The highest BCUT2D eigenvalue weighted by atomic mass is 35.5. The first-order chi connectivity index (χ1) is 15.4. The molecule has 0 aliphatic carbocycles. The Morgan fingerprint density at radius 1 is 1.25 bits per heavy atom. The minimum Gasteiger partial charge on any atom is -0.325 e. The van der Waals surface area contributed by atoms with E-state index in [4.69, 9.17) is 11.6 Å². The van der Waals surface area contributed by atoms with Crippen molar-refractivity contribution < 1.29 is 9.18 Å². The number of nitrogens with one attached hydrogen (secondary N) is 1. The average Bonchev–Trinajstić information content (AvgIpc) is 2.79. The average molecular weight is 476 g/mol. The molecule has 0 unspecified atom stereocenters. The zero-order valence-electron chi connectivity index (χ0n) is 18.2. The lowest BCUT2D eigenvalue weighted by Gasteiger charge is -2.14. The highest BCUT2D eigenvalue weighted by molar-refractivity contribution is 7.99. The molecule has 0 aliphatic heterocycles. The van der Waals surface area contributed by atoms with Crippen LogP contribution >= 0.6 is 23.4 Å². The first kappa shape index (κ1) is 24.3. The molecule has 3 aromatic rings. The van der Waals surface area contributed by atoms with E-state index in [9.17, 15) is 14.0 Å². The molecule has 1 aromatic heterocycles. The number of hydrogen-bond donors (Lipinski definition) is 1. The zero-order chi connectivity index (χ0) is 23.1. The molecule has 1 atom stereocenters. The Kier molecular flexibility index (Phi) is 8.70. The van der Waals surface area contributed by atoms with Gasteiger partial charge in [0.25, 0.3) is 5.56 Å². The second-order valence-corrected chi connectivity index (χ2v) is 9.19. The first-order valence-corrected chi connectivity index (χ1v) is 12.1. The number of aromatic nitrogens is 2. The molecule has 0 spiro atoms. The predicted molar refractivity (Wildman–Crippen MR) is 130 cm³/mol. The predicted octanol–water partition coefficient (Wildman–Crippen LogP) is 6.14. The van der Waals surface area contributed by atoms with E-state index >= 15 is 0 Å². The molecule has 0 saturated carbocycles. The SMILES string of the molecule is CC[C@@H](C)CCCCn1c(SCC(=O)Nc2ccc(F)c(Cl)c2)nc2ccccc2c1=O. The van der Waals surface area contributed by atoms with E-state index in [1.54, 1.807) is 16.7 Å². The van der Waals surface area contributed by atoms with Gasteiger partial charge in [-0.1, -0.05) is 68.6 Å². The van der Waals surface area contributed by atoms with Crippen LogP contribution in [-0.2, 0) is 11.3 Å². The molecule has 0 bridgehead atoms. The van der Waals surface area contributed by atoms with Crippen molar-refractivity contribution in [2.24, 2.45) is 5.92 Å². The van der Waals surface area contributed by atoms with Crippen molar-refractivity contribution in [2.75, 3.05) is 11.1 Å². The van der Waals surface area contributed by atoms with Crippen LogP contribution in [0.15, 0.2) is 52.4 Å². The summed E-state index contributed by atoms with van der Waals surface area (Å²) in [5.41, 5.74) is 0.935. The number of nitrogens with zero attached hydrogens (tertiary/aromatic N) is 2. The molecule has 3 rings (SSSR count). The number of carbonyl (C=O) groups is 1. The molecule has 170 valence electrons. The Labute approximate surface area is 196 Å². The van der Waals surface area contributed by atoms with Gasteiger partial charge in [-0.3, -0.25) is 14.2 Å². The monoisotopic (exact) mass is 475 g/mol. The molecule has 0 fully saturated rings.